The topological polar surface area (TPSA) is 61.4 Å². The van der Waals surface area contributed by atoms with E-state index in [1.54, 1.807) is 0 Å². The van der Waals surface area contributed by atoms with Crippen LogP contribution in [0.5, 0.6) is 0 Å². The monoisotopic (exact) mass is 290 g/mol. The van der Waals surface area contributed by atoms with E-state index >= 15 is 0 Å². The molecule has 4 nitrogen and oxygen atoms in total. The van der Waals surface area contributed by atoms with E-state index in [9.17, 15) is 9.90 Å². The van der Waals surface area contributed by atoms with Crippen LogP contribution in [0.2, 0.25) is 0 Å². The summed E-state index contributed by atoms with van der Waals surface area (Å²) >= 11 is 0. The zero-order valence-corrected chi connectivity index (χ0v) is 12.9. The van der Waals surface area contributed by atoms with Gasteiger partial charge >= 0.3 is 0 Å². The molecule has 0 aromatic heterocycles. The average molecular weight is 290 g/mol. The highest BCUT2D eigenvalue weighted by atomic mass is 16.3. The third-order valence-electron chi connectivity index (χ3n) is 4.14. The second-order valence-corrected chi connectivity index (χ2v) is 6.09. The van der Waals surface area contributed by atoms with Crippen LogP contribution in [0.1, 0.15) is 44.6 Å². The van der Waals surface area contributed by atoms with E-state index in [2.05, 4.69) is 10.6 Å². The summed E-state index contributed by atoms with van der Waals surface area (Å²) in [5.41, 5.74) is 1.93. The van der Waals surface area contributed by atoms with E-state index < -0.39 is 0 Å². The Morgan fingerprint density at radius 1 is 1.33 bits per heavy atom. The van der Waals surface area contributed by atoms with E-state index in [0.717, 1.165) is 36.9 Å². The minimum Gasteiger partial charge on any atom is -0.392 e. The molecule has 21 heavy (non-hydrogen) atoms. The number of aliphatic hydroxyl groups is 1. The summed E-state index contributed by atoms with van der Waals surface area (Å²) in [6.45, 7) is 3.98. The standard InChI is InChI=1S/C17H26N2O2/c1-12-7-3-4-8-14(12)19-17(21)11-13(2)18-15-9-5-6-10-16(15)20/h3-4,7-8,13,15-16,18,20H,5-6,9-11H2,1-2H3,(H,19,21). The van der Waals surface area contributed by atoms with Gasteiger partial charge in [-0.15, -0.1) is 0 Å². The largest absolute Gasteiger partial charge is 0.392 e. The number of carbonyl (C=O) groups excluding carboxylic acids is 1. The lowest BCUT2D eigenvalue weighted by Crippen LogP contribution is -2.47. The number of benzene rings is 1. The lowest BCUT2D eigenvalue weighted by molar-refractivity contribution is -0.116. The maximum Gasteiger partial charge on any atom is 0.225 e. The van der Waals surface area contributed by atoms with Gasteiger partial charge in [0.15, 0.2) is 0 Å². The van der Waals surface area contributed by atoms with Crippen molar-refractivity contribution in [3.8, 4) is 0 Å². The maximum absolute atomic E-state index is 12.1. The van der Waals surface area contributed by atoms with Crippen molar-refractivity contribution in [2.75, 3.05) is 5.32 Å². The van der Waals surface area contributed by atoms with Gasteiger partial charge in [-0.3, -0.25) is 4.79 Å². The quantitative estimate of drug-likeness (QED) is 0.781. The Kier molecular flexibility index (Phi) is 5.76. The fourth-order valence-corrected chi connectivity index (χ4v) is 2.92. The molecule has 2 rings (SSSR count). The summed E-state index contributed by atoms with van der Waals surface area (Å²) in [5, 5.41) is 16.3. The molecule has 1 saturated carbocycles. The lowest BCUT2D eigenvalue weighted by atomic mass is 9.92. The number of aliphatic hydroxyl groups excluding tert-OH is 1. The molecule has 3 unspecified atom stereocenters. The lowest BCUT2D eigenvalue weighted by Gasteiger charge is -2.31. The fourth-order valence-electron chi connectivity index (χ4n) is 2.92. The Morgan fingerprint density at radius 3 is 2.76 bits per heavy atom. The number of hydrogen-bond donors (Lipinski definition) is 3. The summed E-state index contributed by atoms with van der Waals surface area (Å²) in [7, 11) is 0. The number of anilines is 1. The van der Waals surface area contributed by atoms with Crippen LogP contribution in [0.15, 0.2) is 24.3 Å². The molecule has 0 spiro atoms. The van der Waals surface area contributed by atoms with Crippen LogP contribution in [0, 0.1) is 6.92 Å². The number of para-hydroxylation sites is 1. The van der Waals surface area contributed by atoms with Gasteiger partial charge in [0.1, 0.15) is 0 Å². The number of aryl methyl sites for hydroxylation is 1. The van der Waals surface area contributed by atoms with E-state index in [1.165, 1.54) is 0 Å². The van der Waals surface area contributed by atoms with Crippen molar-refractivity contribution in [1.29, 1.82) is 0 Å². The van der Waals surface area contributed by atoms with Crippen LogP contribution in [0.4, 0.5) is 5.69 Å². The summed E-state index contributed by atoms with van der Waals surface area (Å²) in [4.78, 5) is 12.1. The van der Waals surface area contributed by atoms with E-state index in [1.807, 2.05) is 38.1 Å². The van der Waals surface area contributed by atoms with Crippen molar-refractivity contribution in [3.05, 3.63) is 29.8 Å². The molecular weight excluding hydrogens is 264 g/mol. The van der Waals surface area contributed by atoms with Crippen LogP contribution in [-0.2, 0) is 4.79 Å². The van der Waals surface area contributed by atoms with Crippen molar-refractivity contribution in [2.45, 2.75) is 64.1 Å². The van der Waals surface area contributed by atoms with Crippen LogP contribution >= 0.6 is 0 Å². The van der Waals surface area contributed by atoms with E-state index in [4.69, 9.17) is 0 Å². The molecule has 1 aromatic carbocycles. The van der Waals surface area contributed by atoms with E-state index in [0.29, 0.717) is 6.42 Å². The van der Waals surface area contributed by atoms with Gasteiger partial charge in [0.25, 0.3) is 0 Å². The first-order chi connectivity index (χ1) is 10.1. The van der Waals surface area contributed by atoms with Crippen molar-refractivity contribution in [2.24, 2.45) is 0 Å². The predicted molar refractivity (Wildman–Crippen MR) is 85.3 cm³/mol. The Balaban J connectivity index is 1.80. The molecular formula is C17H26N2O2. The summed E-state index contributed by atoms with van der Waals surface area (Å²) in [5.74, 6) is 0.00889. The van der Waals surface area contributed by atoms with Gasteiger partial charge in [0, 0.05) is 24.2 Å². The van der Waals surface area contributed by atoms with Gasteiger partial charge in [-0.25, -0.2) is 0 Å². The van der Waals surface area contributed by atoms with Gasteiger partial charge in [-0.2, -0.15) is 0 Å². The van der Waals surface area contributed by atoms with Crippen molar-refractivity contribution in [3.63, 3.8) is 0 Å². The minimum absolute atomic E-state index is 0.00889. The first-order valence-electron chi connectivity index (χ1n) is 7.86. The molecule has 0 radical (unpaired) electrons. The van der Waals surface area contributed by atoms with Crippen LogP contribution in [0.3, 0.4) is 0 Å². The zero-order chi connectivity index (χ0) is 15.2. The van der Waals surface area contributed by atoms with Crippen LogP contribution < -0.4 is 10.6 Å². The van der Waals surface area contributed by atoms with Crippen molar-refractivity contribution >= 4 is 11.6 Å². The fraction of sp³-hybridized carbons (Fsp3) is 0.588. The molecule has 1 aliphatic rings. The molecule has 1 aromatic rings. The van der Waals surface area contributed by atoms with Gasteiger partial charge in [-0.1, -0.05) is 31.0 Å². The minimum atomic E-state index is -0.277. The van der Waals surface area contributed by atoms with Gasteiger partial charge in [0.05, 0.1) is 6.10 Å². The normalized spacial score (nSPS) is 23.6. The Morgan fingerprint density at radius 2 is 2.05 bits per heavy atom. The third-order valence-corrected chi connectivity index (χ3v) is 4.14. The first-order valence-corrected chi connectivity index (χ1v) is 7.86. The first kappa shape index (κ1) is 16.0. The smallest absolute Gasteiger partial charge is 0.225 e. The highest BCUT2D eigenvalue weighted by molar-refractivity contribution is 5.91. The maximum atomic E-state index is 12.1. The summed E-state index contributed by atoms with van der Waals surface area (Å²) in [6, 6.07) is 7.96. The average Bonchev–Trinajstić information content (AvgIpc) is 2.44. The SMILES string of the molecule is Cc1ccccc1NC(=O)CC(C)NC1CCCCC1O. The molecule has 1 amide bonds. The molecule has 116 valence electrons. The second-order valence-electron chi connectivity index (χ2n) is 6.09. The van der Waals surface area contributed by atoms with E-state index in [-0.39, 0.29) is 24.1 Å². The predicted octanol–water partition coefficient (Wildman–Crippen LogP) is 2.61. The Bertz CT molecular complexity index is 476. The van der Waals surface area contributed by atoms with Crippen LogP contribution in [-0.4, -0.2) is 29.2 Å². The van der Waals surface area contributed by atoms with Gasteiger partial charge in [0.2, 0.25) is 5.91 Å². The summed E-state index contributed by atoms with van der Waals surface area (Å²) < 4.78 is 0. The molecule has 1 fully saturated rings. The highest BCUT2D eigenvalue weighted by Crippen LogP contribution is 2.19. The molecule has 3 N–H and O–H groups in total. The molecule has 4 heteroatoms. The van der Waals surface area contributed by atoms with Gasteiger partial charge < -0.3 is 15.7 Å². The third kappa shape index (κ3) is 4.83. The number of rotatable bonds is 5. The van der Waals surface area contributed by atoms with Crippen molar-refractivity contribution in [1.82, 2.24) is 5.32 Å². The number of carbonyl (C=O) groups is 1. The number of amides is 1. The van der Waals surface area contributed by atoms with Gasteiger partial charge in [-0.05, 0) is 38.3 Å². The zero-order valence-electron chi connectivity index (χ0n) is 12.9. The molecule has 1 aliphatic carbocycles. The molecule has 0 aliphatic heterocycles. The Hall–Kier alpha value is -1.39. The summed E-state index contributed by atoms with van der Waals surface area (Å²) in [6.07, 6.45) is 4.24. The number of nitrogens with one attached hydrogen (secondary N) is 2. The molecule has 3 atom stereocenters. The van der Waals surface area contributed by atoms with Crippen molar-refractivity contribution < 1.29 is 9.90 Å². The highest BCUT2D eigenvalue weighted by Gasteiger charge is 2.24. The second kappa shape index (κ2) is 7.57. The Labute approximate surface area is 126 Å². The molecule has 0 bridgehead atoms. The number of hydrogen-bond acceptors (Lipinski definition) is 3. The van der Waals surface area contributed by atoms with Crippen LogP contribution in [0.25, 0.3) is 0 Å². The molecule has 0 saturated heterocycles. The molecule has 0 heterocycles.